The van der Waals surface area contributed by atoms with Crippen LogP contribution in [-0.4, -0.2) is 78.1 Å². The Morgan fingerprint density at radius 3 is 1.39 bits per heavy atom. The molecule has 1 saturated heterocycles. The van der Waals surface area contributed by atoms with Crippen molar-refractivity contribution in [2.24, 2.45) is 0 Å². The quantitative estimate of drug-likeness (QED) is 0.663. The summed E-state index contributed by atoms with van der Waals surface area (Å²) in [5.74, 6) is 0.625. The van der Waals surface area contributed by atoms with Crippen molar-refractivity contribution >= 4 is 22.2 Å². The predicted molar refractivity (Wildman–Crippen MR) is 73.4 cm³/mol. The highest BCUT2D eigenvalue weighted by molar-refractivity contribution is 7.79. The van der Waals surface area contributed by atoms with E-state index >= 15 is 0 Å². The summed E-state index contributed by atoms with van der Waals surface area (Å²) < 4.78 is 38.8. The summed E-state index contributed by atoms with van der Waals surface area (Å²) in [6, 6.07) is 0. The third-order valence-corrected chi connectivity index (χ3v) is 4.13. The molecule has 0 saturated carbocycles. The molecule has 2 atom stereocenters. The maximum Gasteiger partial charge on any atom is 0.154 e. The van der Waals surface area contributed by atoms with Gasteiger partial charge in [-0.15, -0.1) is 0 Å². The Hall–Kier alpha value is 0.140. The SMILES string of the molecule is O=S(O)CCN1CCCN(CCS(=O)O)CCC1. The van der Waals surface area contributed by atoms with E-state index in [2.05, 4.69) is 9.80 Å². The molecule has 0 amide bonds. The van der Waals surface area contributed by atoms with E-state index in [0.717, 1.165) is 39.0 Å². The van der Waals surface area contributed by atoms with Gasteiger partial charge in [-0.1, -0.05) is 0 Å². The molecular formula is C10H22N2O4S2. The van der Waals surface area contributed by atoms with E-state index in [9.17, 15) is 8.42 Å². The molecule has 0 aromatic heterocycles. The standard InChI is InChI=1S/C10H22N2O4S2/c13-17(14)9-7-11-3-1-4-12(6-2-5-11)8-10-18(15)16/h1-10H2,(H,13,14)(H,15,16). The molecule has 2 unspecified atom stereocenters. The van der Waals surface area contributed by atoms with Gasteiger partial charge in [0.25, 0.3) is 0 Å². The molecule has 0 aromatic rings. The van der Waals surface area contributed by atoms with Crippen LogP contribution in [0.2, 0.25) is 0 Å². The lowest BCUT2D eigenvalue weighted by Gasteiger charge is -2.29. The van der Waals surface area contributed by atoms with E-state index in [1.165, 1.54) is 0 Å². The van der Waals surface area contributed by atoms with Crippen LogP contribution in [0, 0.1) is 0 Å². The van der Waals surface area contributed by atoms with Gasteiger partial charge in [0, 0.05) is 13.1 Å². The Morgan fingerprint density at radius 2 is 1.11 bits per heavy atom. The van der Waals surface area contributed by atoms with Crippen molar-refractivity contribution in [1.82, 2.24) is 9.80 Å². The first-order chi connectivity index (χ1) is 8.58. The van der Waals surface area contributed by atoms with Crippen molar-refractivity contribution in [3.8, 4) is 0 Å². The normalized spacial score (nSPS) is 23.2. The Kier molecular flexibility index (Phi) is 8.20. The summed E-state index contributed by atoms with van der Waals surface area (Å²) in [6.45, 7) is 5.05. The van der Waals surface area contributed by atoms with E-state index in [1.54, 1.807) is 0 Å². The van der Waals surface area contributed by atoms with Crippen LogP contribution in [0.5, 0.6) is 0 Å². The zero-order chi connectivity index (χ0) is 13.4. The second kappa shape index (κ2) is 9.11. The molecule has 1 rings (SSSR count). The van der Waals surface area contributed by atoms with E-state index in [1.807, 2.05) is 0 Å². The van der Waals surface area contributed by atoms with Crippen molar-refractivity contribution in [2.75, 3.05) is 50.8 Å². The van der Waals surface area contributed by atoms with E-state index < -0.39 is 22.2 Å². The fourth-order valence-electron chi connectivity index (χ4n) is 2.12. The zero-order valence-electron chi connectivity index (χ0n) is 10.5. The molecule has 1 aliphatic heterocycles. The van der Waals surface area contributed by atoms with Crippen LogP contribution >= 0.6 is 0 Å². The summed E-state index contributed by atoms with van der Waals surface area (Å²) in [4.78, 5) is 4.44. The molecule has 1 aliphatic rings. The third-order valence-electron chi connectivity index (χ3n) is 3.06. The molecule has 0 radical (unpaired) electrons. The van der Waals surface area contributed by atoms with E-state index in [-0.39, 0.29) is 0 Å². The maximum atomic E-state index is 10.6. The average Bonchev–Trinajstić information content (AvgIpc) is 2.26. The molecule has 2 N–H and O–H groups in total. The Labute approximate surface area is 113 Å². The van der Waals surface area contributed by atoms with Crippen molar-refractivity contribution in [1.29, 1.82) is 0 Å². The number of rotatable bonds is 6. The molecule has 6 nitrogen and oxygen atoms in total. The highest BCUT2D eigenvalue weighted by atomic mass is 32.2. The van der Waals surface area contributed by atoms with E-state index in [0.29, 0.717) is 24.6 Å². The predicted octanol–water partition coefficient (Wildman–Crippen LogP) is -0.172. The highest BCUT2D eigenvalue weighted by Gasteiger charge is 2.13. The van der Waals surface area contributed by atoms with Gasteiger partial charge in [-0.25, -0.2) is 8.42 Å². The van der Waals surface area contributed by atoms with Gasteiger partial charge in [-0.2, -0.15) is 0 Å². The van der Waals surface area contributed by atoms with Crippen LogP contribution in [0.3, 0.4) is 0 Å². The fourth-order valence-corrected chi connectivity index (χ4v) is 2.95. The van der Waals surface area contributed by atoms with Crippen molar-refractivity contribution in [3.63, 3.8) is 0 Å². The maximum absolute atomic E-state index is 10.6. The largest absolute Gasteiger partial charge is 0.306 e. The second-order valence-corrected chi connectivity index (χ2v) is 6.54. The lowest BCUT2D eigenvalue weighted by Crippen LogP contribution is -2.39. The van der Waals surface area contributed by atoms with Gasteiger partial charge in [-0.3, -0.25) is 0 Å². The van der Waals surface area contributed by atoms with Gasteiger partial charge in [0.05, 0.1) is 11.5 Å². The molecule has 0 aliphatic carbocycles. The lowest BCUT2D eigenvalue weighted by molar-refractivity contribution is 0.193. The molecule has 0 aromatic carbocycles. The van der Waals surface area contributed by atoms with Gasteiger partial charge < -0.3 is 18.9 Å². The summed E-state index contributed by atoms with van der Waals surface area (Å²) >= 11 is -3.41. The first-order valence-corrected chi connectivity index (χ1v) is 8.72. The molecular weight excluding hydrogens is 276 g/mol. The minimum Gasteiger partial charge on any atom is -0.306 e. The van der Waals surface area contributed by atoms with E-state index in [4.69, 9.17) is 9.11 Å². The monoisotopic (exact) mass is 298 g/mol. The first kappa shape index (κ1) is 16.2. The van der Waals surface area contributed by atoms with Gasteiger partial charge in [0.2, 0.25) is 0 Å². The minimum absolute atomic E-state index is 0.313. The topological polar surface area (TPSA) is 81.1 Å². The minimum atomic E-state index is -1.71. The summed E-state index contributed by atoms with van der Waals surface area (Å²) in [6.07, 6.45) is 1.99. The van der Waals surface area contributed by atoms with Gasteiger partial charge in [-0.05, 0) is 39.0 Å². The fraction of sp³-hybridized carbons (Fsp3) is 1.00. The van der Waals surface area contributed by atoms with Crippen LogP contribution in [0.1, 0.15) is 12.8 Å². The molecule has 1 fully saturated rings. The summed E-state index contributed by atoms with van der Waals surface area (Å²) in [7, 11) is 0. The molecule has 18 heavy (non-hydrogen) atoms. The Bertz CT molecular complexity index is 255. The van der Waals surface area contributed by atoms with Crippen LogP contribution in [0.15, 0.2) is 0 Å². The molecule has 0 spiro atoms. The van der Waals surface area contributed by atoms with Gasteiger partial charge in [0.15, 0.2) is 22.2 Å². The van der Waals surface area contributed by atoms with Crippen molar-refractivity contribution in [2.45, 2.75) is 12.8 Å². The van der Waals surface area contributed by atoms with Gasteiger partial charge in [0.1, 0.15) is 0 Å². The Morgan fingerprint density at radius 1 is 0.778 bits per heavy atom. The summed E-state index contributed by atoms with van der Waals surface area (Å²) in [5, 5.41) is 0. The van der Waals surface area contributed by atoms with Crippen LogP contribution < -0.4 is 0 Å². The lowest BCUT2D eigenvalue weighted by atomic mass is 10.2. The highest BCUT2D eigenvalue weighted by Crippen LogP contribution is 2.04. The second-order valence-electron chi connectivity index (χ2n) is 4.44. The van der Waals surface area contributed by atoms with Crippen LogP contribution in [-0.2, 0) is 22.2 Å². The van der Waals surface area contributed by atoms with Crippen LogP contribution in [0.25, 0.3) is 0 Å². The van der Waals surface area contributed by atoms with Crippen molar-refractivity contribution in [3.05, 3.63) is 0 Å². The smallest absolute Gasteiger partial charge is 0.154 e. The third kappa shape index (κ3) is 7.55. The molecule has 0 bridgehead atoms. The number of hydrogen-bond donors (Lipinski definition) is 2. The Balaban J connectivity index is 2.22. The number of hydrogen-bond acceptors (Lipinski definition) is 4. The summed E-state index contributed by atoms with van der Waals surface area (Å²) in [5.41, 5.74) is 0. The molecule has 108 valence electrons. The number of nitrogens with zero attached hydrogens (tertiary/aromatic N) is 2. The average molecular weight is 298 g/mol. The zero-order valence-corrected chi connectivity index (χ0v) is 12.1. The van der Waals surface area contributed by atoms with Crippen molar-refractivity contribution < 1.29 is 17.5 Å². The van der Waals surface area contributed by atoms with Gasteiger partial charge >= 0.3 is 0 Å². The molecule has 8 heteroatoms. The first-order valence-electron chi connectivity index (χ1n) is 6.17. The molecule has 1 heterocycles. The van der Waals surface area contributed by atoms with Crippen LogP contribution in [0.4, 0.5) is 0 Å².